The molecule has 0 aliphatic carbocycles. The van der Waals surface area contributed by atoms with Crippen LogP contribution in [-0.4, -0.2) is 29.3 Å². The van der Waals surface area contributed by atoms with E-state index in [1.54, 1.807) is 6.92 Å². The van der Waals surface area contributed by atoms with Gasteiger partial charge < -0.3 is 9.64 Å². The molecular formula is C19H21NO3S2. The van der Waals surface area contributed by atoms with Crippen LogP contribution in [0.25, 0.3) is 0 Å². The van der Waals surface area contributed by atoms with E-state index in [0.717, 1.165) is 27.7 Å². The zero-order chi connectivity index (χ0) is 17.9. The van der Waals surface area contributed by atoms with E-state index in [0.29, 0.717) is 13.2 Å². The largest absolute Gasteiger partial charge is 0.465 e. The van der Waals surface area contributed by atoms with Crippen LogP contribution in [0.15, 0.2) is 60.7 Å². The molecule has 0 bridgehead atoms. The molecule has 132 valence electrons. The summed E-state index contributed by atoms with van der Waals surface area (Å²) in [7, 11) is 2.62. The first-order valence-corrected chi connectivity index (χ1v) is 10.3. The lowest BCUT2D eigenvalue weighted by molar-refractivity contribution is -0.143. The summed E-state index contributed by atoms with van der Waals surface area (Å²) in [5, 5.41) is -0.141. The number of esters is 1. The van der Waals surface area contributed by atoms with Crippen LogP contribution in [0.4, 0.5) is 4.79 Å². The third-order valence-corrected chi connectivity index (χ3v) is 5.40. The van der Waals surface area contributed by atoms with E-state index in [2.05, 4.69) is 0 Å². The highest BCUT2D eigenvalue weighted by Crippen LogP contribution is 2.29. The van der Waals surface area contributed by atoms with Crippen LogP contribution in [0.2, 0.25) is 0 Å². The van der Waals surface area contributed by atoms with Gasteiger partial charge in [-0.3, -0.25) is 9.59 Å². The third-order valence-electron chi connectivity index (χ3n) is 3.30. The zero-order valence-electron chi connectivity index (χ0n) is 14.1. The Labute approximate surface area is 156 Å². The highest BCUT2D eigenvalue weighted by Gasteiger charge is 2.19. The quantitative estimate of drug-likeness (QED) is 0.492. The SMILES string of the molecule is CCOC(=O)CN(Cc1ccccc1)C(=O)SSCc1ccccc1. The zero-order valence-corrected chi connectivity index (χ0v) is 15.7. The van der Waals surface area contributed by atoms with E-state index >= 15 is 0 Å². The van der Waals surface area contributed by atoms with Crippen molar-refractivity contribution >= 4 is 32.8 Å². The Hall–Kier alpha value is -1.92. The predicted molar refractivity (Wildman–Crippen MR) is 104 cm³/mol. The summed E-state index contributed by atoms with van der Waals surface area (Å²) < 4.78 is 4.99. The second kappa shape index (κ2) is 10.8. The molecule has 2 aromatic carbocycles. The van der Waals surface area contributed by atoms with Crippen molar-refractivity contribution in [1.82, 2.24) is 4.90 Å². The van der Waals surface area contributed by atoms with Crippen LogP contribution >= 0.6 is 21.6 Å². The van der Waals surface area contributed by atoms with Crippen LogP contribution in [0.5, 0.6) is 0 Å². The fourth-order valence-electron chi connectivity index (χ4n) is 2.13. The Morgan fingerprint density at radius 3 is 2.16 bits per heavy atom. The minimum Gasteiger partial charge on any atom is -0.465 e. The maximum absolute atomic E-state index is 12.5. The number of carbonyl (C=O) groups is 2. The molecular weight excluding hydrogens is 354 g/mol. The van der Waals surface area contributed by atoms with Crippen LogP contribution in [0.3, 0.4) is 0 Å². The third kappa shape index (κ3) is 7.23. The summed E-state index contributed by atoms with van der Waals surface area (Å²) in [4.78, 5) is 25.9. The smallest absolute Gasteiger partial charge is 0.325 e. The lowest BCUT2D eigenvalue weighted by Crippen LogP contribution is -2.33. The molecule has 0 aliphatic heterocycles. The average Bonchev–Trinajstić information content (AvgIpc) is 2.63. The molecule has 0 aliphatic rings. The van der Waals surface area contributed by atoms with Crippen LogP contribution in [0.1, 0.15) is 18.1 Å². The fraction of sp³-hybridized carbons (Fsp3) is 0.263. The molecule has 0 radical (unpaired) electrons. The van der Waals surface area contributed by atoms with E-state index in [9.17, 15) is 9.59 Å². The first-order valence-electron chi connectivity index (χ1n) is 8.01. The number of amides is 1. The van der Waals surface area contributed by atoms with Crippen molar-refractivity contribution in [3.05, 3.63) is 71.8 Å². The van der Waals surface area contributed by atoms with Gasteiger partial charge in [-0.2, -0.15) is 0 Å². The Morgan fingerprint density at radius 2 is 1.56 bits per heavy atom. The van der Waals surface area contributed by atoms with Gasteiger partial charge in [-0.05, 0) is 18.1 Å². The maximum Gasteiger partial charge on any atom is 0.325 e. The summed E-state index contributed by atoms with van der Waals surface area (Å²) >= 11 is 0. The molecule has 6 heteroatoms. The molecule has 0 unspecified atom stereocenters. The second-order valence-electron chi connectivity index (χ2n) is 5.24. The van der Waals surface area contributed by atoms with Crippen LogP contribution in [-0.2, 0) is 21.8 Å². The molecule has 2 rings (SSSR count). The van der Waals surface area contributed by atoms with Crippen LogP contribution in [0, 0.1) is 0 Å². The van der Waals surface area contributed by atoms with Crippen molar-refractivity contribution in [2.75, 3.05) is 13.2 Å². The van der Waals surface area contributed by atoms with Gasteiger partial charge >= 0.3 is 5.97 Å². The van der Waals surface area contributed by atoms with E-state index in [1.165, 1.54) is 15.7 Å². The van der Waals surface area contributed by atoms with E-state index in [4.69, 9.17) is 4.74 Å². The Balaban J connectivity index is 1.92. The fourth-order valence-corrected chi connectivity index (χ4v) is 4.05. The summed E-state index contributed by atoms with van der Waals surface area (Å²) in [6.07, 6.45) is 0. The van der Waals surface area contributed by atoms with Gasteiger partial charge in [0.05, 0.1) is 6.61 Å². The molecule has 0 saturated carbocycles. The molecule has 0 atom stereocenters. The van der Waals surface area contributed by atoms with Gasteiger partial charge in [-0.15, -0.1) is 0 Å². The van der Waals surface area contributed by atoms with Gasteiger partial charge in [-0.25, -0.2) is 0 Å². The first kappa shape index (κ1) is 19.4. The Kier molecular flexibility index (Phi) is 8.42. The monoisotopic (exact) mass is 375 g/mol. The summed E-state index contributed by atoms with van der Waals surface area (Å²) in [6, 6.07) is 19.6. The van der Waals surface area contributed by atoms with Gasteiger partial charge in [0, 0.05) is 23.1 Å². The highest BCUT2D eigenvalue weighted by molar-refractivity contribution is 8.81. The molecule has 0 heterocycles. The molecule has 4 nitrogen and oxygen atoms in total. The second-order valence-corrected chi connectivity index (χ2v) is 7.49. The van der Waals surface area contributed by atoms with Gasteiger partial charge in [0.1, 0.15) is 6.54 Å². The highest BCUT2D eigenvalue weighted by atomic mass is 33.1. The number of hydrogen-bond donors (Lipinski definition) is 0. The number of benzene rings is 2. The van der Waals surface area contributed by atoms with Crippen LogP contribution < -0.4 is 0 Å². The molecule has 0 N–H and O–H groups in total. The summed E-state index contributed by atoms with van der Waals surface area (Å²) in [6.45, 7) is 2.41. The van der Waals surface area contributed by atoms with Crippen molar-refractivity contribution in [2.45, 2.75) is 19.2 Å². The summed E-state index contributed by atoms with van der Waals surface area (Å²) in [5.41, 5.74) is 2.14. The summed E-state index contributed by atoms with van der Waals surface area (Å²) in [5.74, 6) is 0.343. The average molecular weight is 376 g/mol. The Bertz CT molecular complexity index is 665. The molecule has 2 aromatic rings. The van der Waals surface area contributed by atoms with E-state index in [1.807, 2.05) is 60.7 Å². The van der Waals surface area contributed by atoms with Crippen molar-refractivity contribution in [3.63, 3.8) is 0 Å². The van der Waals surface area contributed by atoms with Gasteiger partial charge in [-0.1, -0.05) is 71.5 Å². The molecule has 0 aromatic heterocycles. The van der Waals surface area contributed by atoms with E-state index < -0.39 is 0 Å². The topological polar surface area (TPSA) is 46.6 Å². The molecule has 1 amide bonds. The molecule has 0 saturated heterocycles. The predicted octanol–water partition coefficient (Wildman–Crippen LogP) is 4.75. The first-order chi connectivity index (χ1) is 12.2. The number of ether oxygens (including phenoxy) is 1. The van der Waals surface area contributed by atoms with Gasteiger partial charge in [0.2, 0.25) is 0 Å². The minimum atomic E-state index is -0.388. The maximum atomic E-state index is 12.5. The lowest BCUT2D eigenvalue weighted by atomic mass is 10.2. The molecule has 0 spiro atoms. The number of rotatable bonds is 8. The number of carbonyl (C=O) groups excluding carboxylic acids is 2. The van der Waals surface area contributed by atoms with Gasteiger partial charge in [0.15, 0.2) is 0 Å². The van der Waals surface area contributed by atoms with E-state index in [-0.39, 0.29) is 17.8 Å². The van der Waals surface area contributed by atoms with Crippen molar-refractivity contribution in [2.24, 2.45) is 0 Å². The minimum absolute atomic E-state index is 0.0412. The number of nitrogens with zero attached hydrogens (tertiary/aromatic N) is 1. The Morgan fingerprint density at radius 1 is 0.960 bits per heavy atom. The number of hydrogen-bond acceptors (Lipinski definition) is 5. The van der Waals surface area contributed by atoms with Crippen molar-refractivity contribution < 1.29 is 14.3 Å². The van der Waals surface area contributed by atoms with Crippen molar-refractivity contribution in [3.8, 4) is 0 Å². The standard InChI is InChI=1S/C19H21NO3S2/c1-2-23-18(21)14-20(13-16-9-5-3-6-10-16)19(22)25-24-15-17-11-7-4-8-12-17/h3-12H,2,13-15H2,1H3. The lowest BCUT2D eigenvalue weighted by Gasteiger charge is -2.21. The van der Waals surface area contributed by atoms with Crippen molar-refractivity contribution in [1.29, 1.82) is 0 Å². The molecule has 0 fully saturated rings. The normalized spacial score (nSPS) is 10.3. The molecule has 25 heavy (non-hydrogen) atoms. The van der Waals surface area contributed by atoms with Gasteiger partial charge in [0.25, 0.3) is 5.24 Å².